The number of aromatic nitrogens is 1. The van der Waals surface area contributed by atoms with Gasteiger partial charge in [0.05, 0.1) is 0 Å². The van der Waals surface area contributed by atoms with E-state index in [2.05, 4.69) is 103 Å². The summed E-state index contributed by atoms with van der Waals surface area (Å²) in [5.74, 6) is 0. The van der Waals surface area contributed by atoms with Crippen molar-refractivity contribution in [1.29, 1.82) is 0 Å². The van der Waals surface area contributed by atoms with Crippen molar-refractivity contribution in [2.24, 2.45) is 0 Å². The maximum absolute atomic E-state index is 4.38. The number of rotatable bonds is 4. The Morgan fingerprint density at radius 1 is 0.944 bits per heavy atom. The zero-order chi connectivity index (χ0) is 13.0. The Morgan fingerprint density at radius 2 is 1.67 bits per heavy atom. The van der Waals surface area contributed by atoms with Crippen molar-refractivity contribution in [2.75, 3.05) is 0 Å². The van der Waals surface area contributed by atoms with E-state index in [1.165, 1.54) is 24.7 Å². The Balaban J connectivity index is 2.01. The van der Waals surface area contributed by atoms with Gasteiger partial charge in [0.1, 0.15) is 3.70 Å². The minimum Gasteiger partial charge on any atom is -0.248 e. The summed E-state index contributed by atoms with van der Waals surface area (Å²) in [6, 6.07) is 10.7. The molecule has 0 spiro atoms. The minimum absolute atomic E-state index is 1.11. The Bertz CT molecular complexity index is 526. The number of halogens is 3. The monoisotopic (exact) mass is 575 g/mol. The summed E-state index contributed by atoms with van der Waals surface area (Å²) >= 11 is 7.10. The molecule has 0 aliphatic heterocycles. The summed E-state index contributed by atoms with van der Waals surface area (Å²) in [6.45, 7) is 0. The highest BCUT2D eigenvalue weighted by Crippen LogP contribution is 2.24. The molecule has 1 aromatic heterocycles. The first kappa shape index (κ1) is 15.0. The van der Waals surface area contributed by atoms with Crippen molar-refractivity contribution in [3.8, 4) is 0 Å². The lowest BCUT2D eigenvalue weighted by molar-refractivity contribution is 0.811. The van der Waals surface area contributed by atoms with Crippen LogP contribution >= 0.6 is 67.8 Å². The lowest BCUT2D eigenvalue weighted by atomic mass is 10.1. The van der Waals surface area contributed by atoms with Crippen molar-refractivity contribution in [1.82, 2.24) is 4.98 Å². The molecule has 0 saturated heterocycles. The number of pyridine rings is 1. The second-order valence-corrected chi connectivity index (χ2v) is 7.29. The van der Waals surface area contributed by atoms with E-state index in [9.17, 15) is 0 Å². The average molecular weight is 575 g/mol. The van der Waals surface area contributed by atoms with Crippen LogP contribution in [-0.2, 0) is 12.8 Å². The number of hydrogen-bond acceptors (Lipinski definition) is 1. The average Bonchev–Trinajstić information content (AvgIpc) is 2.39. The van der Waals surface area contributed by atoms with Crippen LogP contribution in [0.3, 0.4) is 0 Å². The van der Waals surface area contributed by atoms with Crippen molar-refractivity contribution in [3.63, 3.8) is 0 Å². The van der Waals surface area contributed by atoms with E-state index in [0.717, 1.165) is 16.5 Å². The molecule has 0 bridgehead atoms. The van der Waals surface area contributed by atoms with Gasteiger partial charge in [-0.2, -0.15) is 0 Å². The third-order valence-corrected chi connectivity index (χ3v) is 6.70. The fourth-order valence-electron chi connectivity index (χ4n) is 1.82. The second-order valence-electron chi connectivity index (χ2n) is 4.03. The van der Waals surface area contributed by atoms with E-state index in [0.29, 0.717) is 0 Å². The van der Waals surface area contributed by atoms with Gasteiger partial charge in [-0.25, -0.2) is 4.98 Å². The van der Waals surface area contributed by atoms with E-state index >= 15 is 0 Å². The number of nitrogens with zero attached hydrogens (tertiary/aromatic N) is 1. The molecule has 0 radical (unpaired) electrons. The summed E-state index contributed by atoms with van der Waals surface area (Å²) in [4.78, 5) is 4.38. The lowest BCUT2D eigenvalue weighted by Crippen LogP contribution is -2.00. The van der Waals surface area contributed by atoms with Gasteiger partial charge in [-0.05, 0) is 98.2 Å². The molecule has 0 fully saturated rings. The molecule has 2 rings (SSSR count). The third-order valence-electron chi connectivity index (χ3n) is 2.76. The fraction of sp³-hybridized carbons (Fsp3) is 0.214. The molecule has 4 heteroatoms. The predicted molar refractivity (Wildman–Crippen MR) is 101 cm³/mol. The largest absolute Gasteiger partial charge is 0.248 e. The number of hydrogen-bond donors (Lipinski definition) is 0. The SMILES string of the molecule is Ic1cnc(I)c(I)c1CCCc1ccccc1. The van der Waals surface area contributed by atoms with Gasteiger partial charge in [-0.3, -0.25) is 0 Å². The van der Waals surface area contributed by atoms with Crippen LogP contribution in [0.1, 0.15) is 17.5 Å². The first-order valence-corrected chi connectivity index (χ1v) is 8.94. The van der Waals surface area contributed by atoms with E-state index in [1.54, 1.807) is 0 Å². The van der Waals surface area contributed by atoms with Gasteiger partial charge >= 0.3 is 0 Å². The first-order chi connectivity index (χ1) is 8.68. The molecular formula is C14H12I3N. The van der Waals surface area contributed by atoms with Crippen LogP contribution in [0.5, 0.6) is 0 Å². The Labute approximate surface area is 149 Å². The second kappa shape index (κ2) is 7.37. The summed E-state index contributed by atoms with van der Waals surface area (Å²) < 4.78 is 3.71. The molecule has 18 heavy (non-hydrogen) atoms. The van der Waals surface area contributed by atoms with Crippen LogP contribution in [0.2, 0.25) is 0 Å². The molecule has 1 heterocycles. The highest BCUT2D eigenvalue weighted by atomic mass is 127. The quantitative estimate of drug-likeness (QED) is 0.367. The van der Waals surface area contributed by atoms with Crippen molar-refractivity contribution < 1.29 is 0 Å². The van der Waals surface area contributed by atoms with Crippen molar-refractivity contribution in [2.45, 2.75) is 19.3 Å². The fourth-order valence-corrected chi connectivity index (χ4v) is 4.18. The molecule has 0 atom stereocenters. The molecule has 1 aromatic carbocycles. The minimum atomic E-state index is 1.11. The van der Waals surface area contributed by atoms with E-state index in [-0.39, 0.29) is 0 Å². The molecule has 0 aliphatic carbocycles. The maximum Gasteiger partial charge on any atom is 0.114 e. The maximum atomic E-state index is 4.38. The summed E-state index contributed by atoms with van der Waals surface area (Å²) in [6.07, 6.45) is 5.44. The van der Waals surface area contributed by atoms with Crippen molar-refractivity contribution >= 4 is 67.8 Å². The number of aryl methyl sites for hydroxylation is 1. The van der Waals surface area contributed by atoms with Crippen LogP contribution in [0, 0.1) is 10.8 Å². The topological polar surface area (TPSA) is 12.9 Å². The molecule has 0 unspecified atom stereocenters. The molecule has 0 aliphatic rings. The molecule has 2 aromatic rings. The van der Waals surface area contributed by atoms with E-state index in [4.69, 9.17) is 0 Å². The molecule has 94 valence electrons. The first-order valence-electron chi connectivity index (χ1n) is 5.71. The Hall–Kier alpha value is 0.560. The lowest BCUT2D eigenvalue weighted by Gasteiger charge is -2.08. The van der Waals surface area contributed by atoms with E-state index in [1.807, 2.05) is 6.20 Å². The predicted octanol–water partition coefficient (Wildman–Crippen LogP) is 5.07. The van der Waals surface area contributed by atoms with Gasteiger partial charge in [0, 0.05) is 13.3 Å². The van der Waals surface area contributed by atoms with Crippen LogP contribution in [-0.4, -0.2) is 4.98 Å². The van der Waals surface area contributed by atoms with Crippen LogP contribution in [0.4, 0.5) is 0 Å². The summed E-state index contributed by atoms with van der Waals surface area (Å²) in [5, 5.41) is 0. The van der Waals surface area contributed by atoms with Crippen LogP contribution in [0.15, 0.2) is 36.5 Å². The summed E-state index contributed by atoms with van der Waals surface area (Å²) in [7, 11) is 0. The molecule has 0 saturated carbocycles. The van der Waals surface area contributed by atoms with Gasteiger partial charge in [0.15, 0.2) is 0 Å². The zero-order valence-corrected chi connectivity index (χ0v) is 16.1. The molecule has 0 amide bonds. The Morgan fingerprint density at radius 3 is 2.39 bits per heavy atom. The van der Waals surface area contributed by atoms with Gasteiger partial charge in [-0.15, -0.1) is 0 Å². The standard InChI is InChI=1S/C14H12I3N/c15-12-9-18-14(17)13(16)11(12)8-4-7-10-5-2-1-3-6-10/h1-3,5-6,9H,4,7-8H2. The van der Waals surface area contributed by atoms with Gasteiger partial charge in [0.25, 0.3) is 0 Å². The highest BCUT2D eigenvalue weighted by Gasteiger charge is 2.09. The van der Waals surface area contributed by atoms with Gasteiger partial charge < -0.3 is 0 Å². The molecular weight excluding hydrogens is 563 g/mol. The normalized spacial score (nSPS) is 10.6. The van der Waals surface area contributed by atoms with E-state index < -0.39 is 0 Å². The van der Waals surface area contributed by atoms with Gasteiger partial charge in [0.2, 0.25) is 0 Å². The summed E-state index contributed by atoms with van der Waals surface area (Å²) in [5.41, 5.74) is 2.87. The van der Waals surface area contributed by atoms with Gasteiger partial charge in [-0.1, -0.05) is 30.3 Å². The Kier molecular flexibility index (Phi) is 6.13. The third kappa shape index (κ3) is 4.03. The van der Waals surface area contributed by atoms with Crippen LogP contribution < -0.4 is 0 Å². The smallest absolute Gasteiger partial charge is 0.114 e. The molecule has 1 nitrogen and oxygen atoms in total. The highest BCUT2D eigenvalue weighted by molar-refractivity contribution is 14.1. The van der Waals surface area contributed by atoms with Crippen molar-refractivity contribution in [3.05, 3.63) is 58.5 Å². The van der Waals surface area contributed by atoms with Crippen LogP contribution in [0.25, 0.3) is 0 Å². The zero-order valence-electron chi connectivity index (χ0n) is 9.67. The number of benzene rings is 1. The molecule has 0 N–H and O–H groups in total.